The van der Waals surface area contributed by atoms with Gasteiger partial charge in [0.05, 0.1) is 12.2 Å². The third-order valence-electron chi connectivity index (χ3n) is 5.10. The Bertz CT molecular complexity index is 1060. The summed E-state index contributed by atoms with van der Waals surface area (Å²) in [5.74, 6) is 0.186. The lowest BCUT2D eigenvalue weighted by Gasteiger charge is -2.15. The Kier molecular flexibility index (Phi) is 8.43. The lowest BCUT2D eigenvalue weighted by molar-refractivity contribution is -0.137. The molecule has 8 nitrogen and oxygen atoms in total. The molecule has 0 unspecified atom stereocenters. The first-order chi connectivity index (χ1) is 16.3. The predicted octanol–water partition coefficient (Wildman–Crippen LogP) is 3.91. The van der Waals surface area contributed by atoms with Crippen molar-refractivity contribution in [1.82, 2.24) is 4.90 Å². The maximum absolute atomic E-state index is 13.3. The molecule has 180 valence electrons. The van der Waals surface area contributed by atoms with Gasteiger partial charge in [-0.2, -0.15) is 0 Å². The molecule has 0 bridgehead atoms. The van der Waals surface area contributed by atoms with Crippen LogP contribution in [0.15, 0.2) is 54.2 Å². The molecule has 0 saturated carbocycles. The van der Waals surface area contributed by atoms with Gasteiger partial charge in [0.15, 0.2) is 0 Å². The fourth-order valence-electron chi connectivity index (χ4n) is 3.50. The summed E-state index contributed by atoms with van der Waals surface area (Å²) >= 11 is 0. The zero-order valence-corrected chi connectivity index (χ0v) is 20.0. The number of benzene rings is 2. The van der Waals surface area contributed by atoms with Crippen LogP contribution < -0.4 is 15.4 Å². The van der Waals surface area contributed by atoms with Gasteiger partial charge in [-0.1, -0.05) is 26.0 Å². The van der Waals surface area contributed by atoms with Gasteiger partial charge in [0.2, 0.25) is 5.91 Å². The van der Waals surface area contributed by atoms with E-state index in [0.717, 1.165) is 0 Å². The molecule has 0 saturated heterocycles. The van der Waals surface area contributed by atoms with E-state index in [4.69, 9.17) is 9.47 Å². The summed E-state index contributed by atoms with van der Waals surface area (Å²) in [4.78, 5) is 39.0. The van der Waals surface area contributed by atoms with Gasteiger partial charge in [-0.25, -0.2) is 0 Å². The molecule has 34 heavy (non-hydrogen) atoms. The van der Waals surface area contributed by atoms with Gasteiger partial charge >= 0.3 is 0 Å². The number of carbonyl (C=O) groups is 3. The molecule has 3 rings (SSSR count). The van der Waals surface area contributed by atoms with E-state index in [1.807, 2.05) is 0 Å². The Balaban J connectivity index is 1.90. The number of nitrogens with zero attached hydrogens (tertiary/aromatic N) is 1. The quantitative estimate of drug-likeness (QED) is 0.386. The van der Waals surface area contributed by atoms with Crippen molar-refractivity contribution < 1.29 is 23.9 Å². The largest absolute Gasteiger partial charge is 0.493 e. The third-order valence-corrected chi connectivity index (χ3v) is 5.10. The number of rotatable bonds is 11. The Labute approximate surface area is 199 Å². The minimum Gasteiger partial charge on any atom is -0.493 e. The summed E-state index contributed by atoms with van der Waals surface area (Å²) in [5, 5.41) is 5.82. The zero-order chi connectivity index (χ0) is 24.7. The highest BCUT2D eigenvalue weighted by atomic mass is 16.5. The average molecular weight is 466 g/mol. The summed E-state index contributed by atoms with van der Waals surface area (Å²) in [5.41, 5.74) is 2.41. The van der Waals surface area contributed by atoms with Gasteiger partial charge in [0.1, 0.15) is 11.4 Å². The van der Waals surface area contributed by atoms with Crippen molar-refractivity contribution in [3.63, 3.8) is 0 Å². The molecular weight excluding hydrogens is 434 g/mol. The Morgan fingerprint density at radius 3 is 2.21 bits per heavy atom. The number of imide groups is 1. The molecule has 0 fully saturated rings. The number of nitrogens with one attached hydrogen (secondary N) is 2. The number of hydrogen-bond acceptors (Lipinski definition) is 6. The molecule has 0 aromatic heterocycles. The summed E-state index contributed by atoms with van der Waals surface area (Å²) in [6.45, 7) is 6.87. The van der Waals surface area contributed by atoms with Crippen molar-refractivity contribution in [1.29, 1.82) is 0 Å². The standard InChI is InChI=1S/C26H31N3O5/c1-17(2)16-34-22-12-6-19(7-13-22)23-24(26(32)29(25(23)31)14-5-15-33-4)28-21-10-8-20(9-11-21)27-18(3)30/h6-13,17,28H,5,14-16H2,1-4H3,(H,27,30). The number of anilines is 2. The third kappa shape index (κ3) is 6.23. The van der Waals surface area contributed by atoms with Crippen LogP contribution in [0.1, 0.15) is 32.8 Å². The van der Waals surface area contributed by atoms with Gasteiger partial charge in [-0.05, 0) is 54.3 Å². The van der Waals surface area contributed by atoms with E-state index >= 15 is 0 Å². The van der Waals surface area contributed by atoms with Crippen molar-refractivity contribution in [2.75, 3.05) is 37.5 Å². The van der Waals surface area contributed by atoms with Crippen molar-refractivity contribution in [2.24, 2.45) is 5.92 Å². The van der Waals surface area contributed by atoms with E-state index in [1.54, 1.807) is 55.6 Å². The molecule has 0 spiro atoms. The molecule has 0 radical (unpaired) electrons. The topological polar surface area (TPSA) is 97.0 Å². The fourth-order valence-corrected chi connectivity index (χ4v) is 3.50. The van der Waals surface area contributed by atoms with Crippen molar-refractivity contribution in [3.05, 3.63) is 59.8 Å². The normalized spacial score (nSPS) is 13.6. The SMILES string of the molecule is COCCCN1C(=O)C(Nc2ccc(NC(C)=O)cc2)=C(c2ccc(OCC(C)C)cc2)C1=O. The number of amides is 3. The molecule has 0 atom stereocenters. The van der Waals surface area contributed by atoms with Crippen LogP contribution in [0.3, 0.4) is 0 Å². The number of methoxy groups -OCH3 is 1. The van der Waals surface area contributed by atoms with E-state index in [-0.39, 0.29) is 30.0 Å². The van der Waals surface area contributed by atoms with Crippen molar-refractivity contribution in [2.45, 2.75) is 27.2 Å². The van der Waals surface area contributed by atoms with Gasteiger partial charge in [0.25, 0.3) is 11.8 Å². The second-order valence-electron chi connectivity index (χ2n) is 8.47. The lowest BCUT2D eigenvalue weighted by atomic mass is 10.0. The van der Waals surface area contributed by atoms with Crippen LogP contribution in [0.2, 0.25) is 0 Å². The average Bonchev–Trinajstić information content (AvgIpc) is 3.03. The number of carbonyl (C=O) groups excluding carboxylic acids is 3. The van der Waals surface area contributed by atoms with Gasteiger partial charge < -0.3 is 20.1 Å². The maximum atomic E-state index is 13.3. The monoisotopic (exact) mass is 465 g/mol. The van der Waals surface area contributed by atoms with Crippen LogP contribution in [-0.4, -0.2) is 49.5 Å². The Hall–Kier alpha value is -3.65. The number of hydrogen-bond donors (Lipinski definition) is 2. The van der Waals surface area contributed by atoms with E-state index in [2.05, 4.69) is 24.5 Å². The van der Waals surface area contributed by atoms with Crippen LogP contribution in [0.5, 0.6) is 5.75 Å². The van der Waals surface area contributed by atoms with Crippen LogP contribution in [0.4, 0.5) is 11.4 Å². The van der Waals surface area contributed by atoms with E-state index < -0.39 is 0 Å². The molecule has 0 aliphatic carbocycles. The first kappa shape index (κ1) is 25.0. The second-order valence-corrected chi connectivity index (χ2v) is 8.47. The van der Waals surface area contributed by atoms with Crippen LogP contribution >= 0.6 is 0 Å². The van der Waals surface area contributed by atoms with Gasteiger partial charge in [0, 0.05) is 38.6 Å². The summed E-state index contributed by atoms with van der Waals surface area (Å²) in [7, 11) is 1.58. The number of ether oxygens (including phenoxy) is 2. The van der Waals surface area contributed by atoms with Crippen molar-refractivity contribution >= 4 is 34.7 Å². The van der Waals surface area contributed by atoms with Crippen LogP contribution in [0, 0.1) is 5.92 Å². The van der Waals surface area contributed by atoms with E-state index in [9.17, 15) is 14.4 Å². The summed E-state index contributed by atoms with van der Waals surface area (Å²) in [6, 6.07) is 14.1. The Morgan fingerprint density at radius 2 is 1.62 bits per heavy atom. The minimum absolute atomic E-state index is 0.171. The highest BCUT2D eigenvalue weighted by Crippen LogP contribution is 2.32. The highest BCUT2D eigenvalue weighted by molar-refractivity contribution is 6.36. The maximum Gasteiger partial charge on any atom is 0.278 e. The van der Waals surface area contributed by atoms with Crippen molar-refractivity contribution in [3.8, 4) is 5.75 Å². The van der Waals surface area contributed by atoms with Crippen LogP contribution in [-0.2, 0) is 19.1 Å². The van der Waals surface area contributed by atoms with E-state index in [1.165, 1.54) is 11.8 Å². The molecule has 3 amide bonds. The summed E-state index contributed by atoms with van der Waals surface area (Å²) < 4.78 is 10.8. The molecule has 1 aliphatic heterocycles. The predicted molar refractivity (Wildman–Crippen MR) is 131 cm³/mol. The first-order valence-corrected chi connectivity index (χ1v) is 11.3. The zero-order valence-electron chi connectivity index (χ0n) is 20.0. The molecule has 1 heterocycles. The van der Waals surface area contributed by atoms with E-state index in [0.29, 0.717) is 53.8 Å². The molecule has 2 N–H and O–H groups in total. The smallest absolute Gasteiger partial charge is 0.278 e. The van der Waals surface area contributed by atoms with Crippen LogP contribution in [0.25, 0.3) is 5.57 Å². The molecule has 2 aromatic carbocycles. The molecule has 2 aromatic rings. The highest BCUT2D eigenvalue weighted by Gasteiger charge is 2.38. The minimum atomic E-state index is -0.387. The lowest BCUT2D eigenvalue weighted by Crippen LogP contribution is -2.33. The summed E-state index contributed by atoms with van der Waals surface area (Å²) in [6.07, 6.45) is 0.544. The first-order valence-electron chi connectivity index (χ1n) is 11.3. The molecule has 1 aliphatic rings. The van der Waals surface area contributed by atoms with Gasteiger partial charge in [-0.15, -0.1) is 0 Å². The Morgan fingerprint density at radius 1 is 0.971 bits per heavy atom. The molecule has 8 heteroatoms. The second kappa shape index (κ2) is 11.5. The fraction of sp³-hybridized carbons (Fsp3) is 0.346. The molecular formula is C26H31N3O5. The van der Waals surface area contributed by atoms with Gasteiger partial charge in [-0.3, -0.25) is 19.3 Å².